The molecular weight excluding hydrogens is 959 g/mol. The first-order valence-electron chi connectivity index (χ1n) is 34.9. The summed E-state index contributed by atoms with van der Waals surface area (Å²) in [6.45, 7) is 4.90. The molecule has 0 aromatic carbocycles. The van der Waals surface area contributed by atoms with E-state index in [1.54, 1.807) is 6.08 Å². The molecule has 6 nitrogen and oxygen atoms in total. The molecule has 0 saturated heterocycles. The lowest BCUT2D eigenvalue weighted by molar-refractivity contribution is -0.143. The molecule has 78 heavy (non-hydrogen) atoms. The molecule has 0 aromatic heterocycles. The van der Waals surface area contributed by atoms with Crippen molar-refractivity contribution in [3.05, 3.63) is 48.6 Å². The quantitative estimate of drug-likeness (QED) is 0.0320. The standard InChI is InChI=1S/C72H135NO5/c1-3-5-7-9-11-13-15-17-19-21-22-23-24-25-26-27-30-33-36-40-44-48-52-56-60-64-70(75)69(68-74)73-71(76)65-61-57-53-49-45-41-37-34-31-28-29-32-35-39-43-47-51-55-59-63-67-78-72(77)66-62-58-54-50-46-42-38-20-18-16-14-12-10-8-6-4-2/h14,16,20,28,31,38,60,64,69-70,74-75H,3-13,15,17-19,21-27,29-30,32-37,39-59,61-63,65-68H2,1-2H3,(H,73,76)/b16-14-,31-28-,38-20-,64-60+. The highest BCUT2D eigenvalue weighted by molar-refractivity contribution is 5.76. The Hall–Kier alpha value is -2.18. The van der Waals surface area contributed by atoms with Gasteiger partial charge >= 0.3 is 5.97 Å². The van der Waals surface area contributed by atoms with Crippen LogP contribution in [-0.2, 0) is 14.3 Å². The minimum absolute atomic E-state index is 0.00760. The van der Waals surface area contributed by atoms with Gasteiger partial charge in [-0.3, -0.25) is 9.59 Å². The van der Waals surface area contributed by atoms with Gasteiger partial charge in [0, 0.05) is 12.8 Å². The fraction of sp³-hybridized carbons (Fsp3) is 0.861. The normalized spacial score (nSPS) is 12.8. The third-order valence-corrected chi connectivity index (χ3v) is 16.1. The predicted molar refractivity (Wildman–Crippen MR) is 342 cm³/mol. The second kappa shape index (κ2) is 67.3. The fourth-order valence-corrected chi connectivity index (χ4v) is 10.7. The largest absolute Gasteiger partial charge is 0.466 e. The third kappa shape index (κ3) is 63.0. The van der Waals surface area contributed by atoms with Crippen molar-refractivity contribution in [1.29, 1.82) is 0 Å². The maximum atomic E-state index is 12.5. The number of esters is 1. The number of rotatable bonds is 65. The van der Waals surface area contributed by atoms with E-state index in [2.05, 4.69) is 55.6 Å². The van der Waals surface area contributed by atoms with Gasteiger partial charge in [0.15, 0.2) is 0 Å². The minimum Gasteiger partial charge on any atom is -0.466 e. The first-order chi connectivity index (χ1) is 38.5. The number of ether oxygens (including phenoxy) is 1. The van der Waals surface area contributed by atoms with Gasteiger partial charge in [0.25, 0.3) is 0 Å². The van der Waals surface area contributed by atoms with Crippen molar-refractivity contribution in [3.8, 4) is 0 Å². The van der Waals surface area contributed by atoms with Gasteiger partial charge in [0.05, 0.1) is 25.4 Å². The van der Waals surface area contributed by atoms with Gasteiger partial charge in [-0.1, -0.05) is 319 Å². The molecule has 6 heteroatoms. The summed E-state index contributed by atoms with van der Waals surface area (Å²) < 4.78 is 5.48. The van der Waals surface area contributed by atoms with Crippen LogP contribution in [0, 0.1) is 0 Å². The van der Waals surface area contributed by atoms with Crippen molar-refractivity contribution < 1.29 is 24.5 Å². The summed E-state index contributed by atoms with van der Waals surface area (Å²) in [5.41, 5.74) is 0. The molecule has 0 saturated carbocycles. The van der Waals surface area contributed by atoms with Crippen LogP contribution in [0.3, 0.4) is 0 Å². The average molecular weight is 1090 g/mol. The Labute approximate surface area is 486 Å². The number of nitrogens with one attached hydrogen (secondary N) is 1. The van der Waals surface area contributed by atoms with Crippen LogP contribution in [0.15, 0.2) is 48.6 Å². The molecule has 0 rings (SSSR count). The Kier molecular flexibility index (Phi) is 65.4. The molecule has 0 aliphatic rings. The van der Waals surface area contributed by atoms with Crippen LogP contribution in [0.4, 0.5) is 0 Å². The van der Waals surface area contributed by atoms with Crippen LogP contribution in [0.2, 0.25) is 0 Å². The van der Waals surface area contributed by atoms with E-state index in [1.165, 1.54) is 289 Å². The van der Waals surface area contributed by atoms with Gasteiger partial charge in [-0.2, -0.15) is 0 Å². The van der Waals surface area contributed by atoms with Gasteiger partial charge in [0.2, 0.25) is 5.91 Å². The van der Waals surface area contributed by atoms with E-state index in [-0.39, 0.29) is 18.5 Å². The lowest BCUT2D eigenvalue weighted by Crippen LogP contribution is -2.45. The summed E-state index contributed by atoms with van der Waals surface area (Å²) in [5.74, 6) is -0.0813. The Morgan fingerprint density at radius 3 is 1.00 bits per heavy atom. The number of amides is 1. The summed E-state index contributed by atoms with van der Waals surface area (Å²) in [5, 5.41) is 23.3. The lowest BCUT2D eigenvalue weighted by atomic mass is 10.0. The Morgan fingerprint density at radius 2 is 0.641 bits per heavy atom. The van der Waals surface area contributed by atoms with E-state index >= 15 is 0 Å². The van der Waals surface area contributed by atoms with E-state index in [4.69, 9.17) is 4.74 Å². The van der Waals surface area contributed by atoms with E-state index < -0.39 is 12.1 Å². The highest BCUT2D eigenvalue weighted by atomic mass is 16.5. The summed E-state index contributed by atoms with van der Waals surface area (Å²) >= 11 is 0. The van der Waals surface area contributed by atoms with Gasteiger partial charge in [0.1, 0.15) is 0 Å². The molecule has 2 atom stereocenters. The summed E-state index contributed by atoms with van der Waals surface area (Å²) in [6, 6.07) is -0.637. The molecule has 0 fully saturated rings. The minimum atomic E-state index is -0.853. The zero-order chi connectivity index (χ0) is 56.4. The fourth-order valence-electron chi connectivity index (χ4n) is 10.7. The number of unbranched alkanes of at least 4 members (excludes halogenated alkanes) is 48. The zero-order valence-electron chi connectivity index (χ0n) is 52.4. The Morgan fingerprint density at radius 1 is 0.359 bits per heavy atom. The van der Waals surface area contributed by atoms with E-state index in [9.17, 15) is 19.8 Å². The predicted octanol–water partition coefficient (Wildman–Crippen LogP) is 22.5. The Bertz CT molecular complexity index is 1310. The number of aliphatic hydroxyl groups excluding tert-OH is 2. The number of aliphatic hydroxyl groups is 2. The average Bonchev–Trinajstić information content (AvgIpc) is 3.44. The van der Waals surface area contributed by atoms with Gasteiger partial charge in [-0.15, -0.1) is 0 Å². The molecule has 0 aromatic rings. The summed E-state index contributed by atoms with van der Waals surface area (Å²) in [7, 11) is 0. The lowest BCUT2D eigenvalue weighted by Gasteiger charge is -2.20. The van der Waals surface area contributed by atoms with E-state index in [1.807, 2.05) is 6.08 Å². The van der Waals surface area contributed by atoms with Gasteiger partial charge in [-0.05, 0) is 89.9 Å². The van der Waals surface area contributed by atoms with Gasteiger partial charge in [-0.25, -0.2) is 0 Å². The monoisotopic (exact) mass is 1090 g/mol. The van der Waals surface area contributed by atoms with Crippen LogP contribution >= 0.6 is 0 Å². The maximum Gasteiger partial charge on any atom is 0.305 e. The second-order valence-corrected chi connectivity index (χ2v) is 23.9. The molecule has 0 radical (unpaired) electrons. The van der Waals surface area contributed by atoms with Crippen molar-refractivity contribution >= 4 is 11.9 Å². The van der Waals surface area contributed by atoms with E-state index in [0.29, 0.717) is 19.4 Å². The highest BCUT2D eigenvalue weighted by Crippen LogP contribution is 2.18. The molecule has 458 valence electrons. The number of carbonyl (C=O) groups is 2. The molecular formula is C72H135NO5. The van der Waals surface area contributed by atoms with Crippen molar-refractivity contribution in [3.63, 3.8) is 0 Å². The van der Waals surface area contributed by atoms with Crippen molar-refractivity contribution in [2.45, 2.75) is 386 Å². The van der Waals surface area contributed by atoms with Crippen molar-refractivity contribution in [1.82, 2.24) is 5.32 Å². The van der Waals surface area contributed by atoms with Crippen LogP contribution in [0.1, 0.15) is 373 Å². The molecule has 0 bridgehead atoms. The molecule has 0 aliphatic heterocycles. The number of hydrogen-bond acceptors (Lipinski definition) is 5. The van der Waals surface area contributed by atoms with Crippen LogP contribution in [-0.4, -0.2) is 47.4 Å². The SMILES string of the molecule is CCCCCC/C=C\C/C=C\CCCCCCCC(=O)OCCCCCCCCCCC/C=C\CCCCCCCCCC(=O)NC(CO)C(O)/C=C/CCCCCCCCCCCCCCCCCCCCCCCCC. The van der Waals surface area contributed by atoms with Crippen LogP contribution in [0.25, 0.3) is 0 Å². The third-order valence-electron chi connectivity index (χ3n) is 16.1. The number of hydrogen-bond donors (Lipinski definition) is 3. The topological polar surface area (TPSA) is 95.9 Å². The first-order valence-corrected chi connectivity index (χ1v) is 34.9. The van der Waals surface area contributed by atoms with Crippen molar-refractivity contribution in [2.75, 3.05) is 13.2 Å². The van der Waals surface area contributed by atoms with Crippen molar-refractivity contribution in [2.24, 2.45) is 0 Å². The maximum absolute atomic E-state index is 12.5. The molecule has 1 amide bonds. The smallest absolute Gasteiger partial charge is 0.305 e. The van der Waals surface area contributed by atoms with Crippen LogP contribution in [0.5, 0.6) is 0 Å². The zero-order valence-corrected chi connectivity index (χ0v) is 52.4. The molecule has 0 aliphatic carbocycles. The summed E-state index contributed by atoms with van der Waals surface area (Å²) in [4.78, 5) is 24.6. The molecule has 0 spiro atoms. The first kappa shape index (κ1) is 75.8. The summed E-state index contributed by atoms with van der Waals surface area (Å²) in [6.07, 6.45) is 87.5. The second-order valence-electron chi connectivity index (χ2n) is 23.9. The Balaban J connectivity index is 3.47. The molecule has 2 unspecified atom stereocenters. The number of allylic oxidation sites excluding steroid dienone is 7. The van der Waals surface area contributed by atoms with Gasteiger partial charge < -0.3 is 20.3 Å². The number of carbonyl (C=O) groups excluding carboxylic acids is 2. The van der Waals surface area contributed by atoms with Crippen LogP contribution < -0.4 is 5.32 Å². The highest BCUT2D eigenvalue weighted by Gasteiger charge is 2.18. The molecule has 0 heterocycles. The van der Waals surface area contributed by atoms with E-state index in [0.717, 1.165) is 57.8 Å². The molecule has 3 N–H and O–H groups in total.